The van der Waals surface area contributed by atoms with Crippen LogP contribution in [0.2, 0.25) is 0 Å². The van der Waals surface area contributed by atoms with E-state index >= 15 is 0 Å². The highest BCUT2D eigenvalue weighted by Crippen LogP contribution is 2.37. The van der Waals surface area contributed by atoms with Gasteiger partial charge < -0.3 is 5.11 Å². The van der Waals surface area contributed by atoms with Crippen LogP contribution in [0.15, 0.2) is 0 Å². The summed E-state index contributed by atoms with van der Waals surface area (Å²) in [6.45, 7) is 0.493. The highest BCUT2D eigenvalue weighted by Gasteiger charge is 2.62. The Hall–Kier alpha value is -0.830. The number of nitrogens with zero attached hydrogens (tertiary/aromatic N) is 1. The number of carbonyl (C=O) groups excluding carboxylic acids is 1. The summed E-state index contributed by atoms with van der Waals surface area (Å²) in [6.07, 6.45) is -8.51. The molecule has 0 aromatic heterocycles. The van der Waals surface area contributed by atoms with E-state index in [-0.39, 0.29) is 6.42 Å². The van der Waals surface area contributed by atoms with Gasteiger partial charge in [-0.3, -0.25) is 0 Å². The first kappa shape index (κ1) is 16.2. The van der Waals surface area contributed by atoms with Crippen molar-refractivity contribution in [1.29, 1.82) is 0 Å². The standard InChI is InChI=1S/C10H13F4NO3S/c1-5-2-6(11)3-15(5,9(17)18)8(16)7(4-19)10(12,13)14/h5-7H,2-4H2,1H3,(H-,17,18,19)/p+1/t5-,6-,7?,15-/m1/s1. The third kappa shape index (κ3) is 2.71. The van der Waals surface area contributed by atoms with Gasteiger partial charge in [0.25, 0.3) is 0 Å². The summed E-state index contributed by atoms with van der Waals surface area (Å²) in [5.74, 6) is -4.93. The van der Waals surface area contributed by atoms with E-state index in [4.69, 9.17) is 5.11 Å². The number of quaternary nitrogens is 1. The Labute approximate surface area is 112 Å². The molecule has 1 heterocycles. The van der Waals surface area contributed by atoms with Gasteiger partial charge >= 0.3 is 18.2 Å². The van der Waals surface area contributed by atoms with Gasteiger partial charge in [-0.05, 0) is 6.92 Å². The van der Waals surface area contributed by atoms with E-state index in [9.17, 15) is 27.2 Å². The largest absolute Gasteiger partial charge is 0.521 e. The van der Waals surface area contributed by atoms with E-state index < -0.39 is 53.1 Å². The van der Waals surface area contributed by atoms with E-state index in [0.717, 1.165) is 0 Å². The number of thiol groups is 1. The van der Waals surface area contributed by atoms with Crippen LogP contribution >= 0.6 is 12.6 Å². The van der Waals surface area contributed by atoms with E-state index in [1.54, 1.807) is 0 Å². The molecule has 1 N–H and O–H groups in total. The van der Waals surface area contributed by atoms with Crippen LogP contribution in [0.1, 0.15) is 13.3 Å². The Morgan fingerprint density at radius 2 is 2.00 bits per heavy atom. The predicted octanol–water partition coefficient (Wildman–Crippen LogP) is 2.25. The molecule has 1 aliphatic rings. The fourth-order valence-electron chi connectivity index (χ4n) is 2.38. The van der Waals surface area contributed by atoms with Crippen molar-refractivity contribution in [3.05, 3.63) is 0 Å². The highest BCUT2D eigenvalue weighted by atomic mass is 32.1. The fourth-order valence-corrected chi connectivity index (χ4v) is 2.75. The number of amides is 2. The van der Waals surface area contributed by atoms with Gasteiger partial charge in [0, 0.05) is 12.2 Å². The van der Waals surface area contributed by atoms with E-state index in [0.29, 0.717) is 0 Å². The van der Waals surface area contributed by atoms with Gasteiger partial charge in [-0.1, -0.05) is 0 Å². The van der Waals surface area contributed by atoms with Crippen LogP contribution in [0.4, 0.5) is 22.4 Å². The summed E-state index contributed by atoms with van der Waals surface area (Å²) < 4.78 is 49.9. The molecular weight excluding hydrogens is 290 g/mol. The Morgan fingerprint density at radius 3 is 2.26 bits per heavy atom. The lowest BCUT2D eigenvalue weighted by molar-refractivity contribution is -0.796. The van der Waals surface area contributed by atoms with Crippen molar-refractivity contribution in [3.63, 3.8) is 0 Å². The number of carbonyl (C=O) groups is 2. The summed E-state index contributed by atoms with van der Waals surface area (Å²) in [6, 6.07) is -1.04. The van der Waals surface area contributed by atoms with Crippen LogP contribution in [0.5, 0.6) is 0 Å². The SMILES string of the molecule is C[C@@H]1C[C@@H](F)C[N@+]1(C(=O)O)C(=O)C(CS)C(F)(F)F. The molecule has 0 aromatic carbocycles. The molecule has 0 bridgehead atoms. The van der Waals surface area contributed by atoms with E-state index in [1.165, 1.54) is 6.92 Å². The van der Waals surface area contributed by atoms with Crippen molar-refractivity contribution in [1.82, 2.24) is 0 Å². The number of rotatable bonds is 2. The summed E-state index contributed by atoms with van der Waals surface area (Å²) in [4.78, 5) is 23.3. The number of hydrogen-bond acceptors (Lipinski definition) is 3. The molecule has 9 heteroatoms. The molecule has 1 aliphatic heterocycles. The molecule has 19 heavy (non-hydrogen) atoms. The number of likely N-dealkylation sites (tertiary alicyclic amines) is 1. The van der Waals surface area contributed by atoms with Crippen LogP contribution in [0.25, 0.3) is 0 Å². The van der Waals surface area contributed by atoms with E-state index in [2.05, 4.69) is 12.6 Å². The second-order valence-corrected chi connectivity index (χ2v) is 5.00. The summed E-state index contributed by atoms with van der Waals surface area (Å²) in [5.41, 5.74) is 0. The van der Waals surface area contributed by atoms with Crippen LogP contribution in [-0.2, 0) is 4.79 Å². The van der Waals surface area contributed by atoms with Gasteiger partial charge in [0.2, 0.25) is 0 Å². The first-order valence-corrected chi connectivity index (χ1v) is 6.18. The molecule has 0 aliphatic carbocycles. The van der Waals surface area contributed by atoms with Crippen molar-refractivity contribution in [2.24, 2.45) is 5.92 Å². The first-order chi connectivity index (χ1) is 8.57. The van der Waals surface area contributed by atoms with Gasteiger partial charge in [0.15, 0.2) is 12.1 Å². The zero-order valence-electron chi connectivity index (χ0n) is 10.0. The molecule has 4 atom stereocenters. The number of halogens is 4. The lowest BCUT2D eigenvalue weighted by atomic mass is 10.1. The zero-order chi connectivity index (χ0) is 15.0. The minimum atomic E-state index is -4.90. The van der Waals surface area contributed by atoms with Crippen molar-refractivity contribution in [3.8, 4) is 0 Å². The van der Waals surface area contributed by atoms with Crippen LogP contribution in [0, 0.1) is 5.92 Å². The quantitative estimate of drug-likeness (QED) is 0.467. The van der Waals surface area contributed by atoms with E-state index in [1.807, 2.05) is 0 Å². The fraction of sp³-hybridized carbons (Fsp3) is 0.800. The number of alkyl halides is 4. The Bertz CT molecular complexity index is 389. The number of imide groups is 1. The summed E-state index contributed by atoms with van der Waals surface area (Å²) in [5, 5.41) is 9.12. The molecule has 110 valence electrons. The molecular formula is C10H14F4NO3S+. The van der Waals surface area contributed by atoms with Gasteiger partial charge in [-0.25, -0.2) is 9.18 Å². The third-order valence-electron chi connectivity index (χ3n) is 3.45. The summed E-state index contributed by atoms with van der Waals surface area (Å²) >= 11 is 3.46. The lowest BCUT2D eigenvalue weighted by Gasteiger charge is -2.32. The molecule has 0 spiro atoms. The minimum absolute atomic E-state index is 0.255. The molecule has 1 fully saturated rings. The molecule has 1 saturated heterocycles. The maximum absolute atomic E-state index is 13.3. The maximum atomic E-state index is 13.3. The van der Waals surface area contributed by atoms with Crippen molar-refractivity contribution >= 4 is 24.6 Å². The molecule has 0 aromatic rings. The summed E-state index contributed by atoms with van der Waals surface area (Å²) in [7, 11) is 0. The van der Waals surface area contributed by atoms with Gasteiger partial charge in [0.05, 0.1) is 0 Å². The topological polar surface area (TPSA) is 54.4 Å². The Balaban J connectivity index is 3.21. The highest BCUT2D eigenvalue weighted by molar-refractivity contribution is 7.80. The molecule has 0 saturated carbocycles. The third-order valence-corrected chi connectivity index (χ3v) is 3.81. The predicted molar refractivity (Wildman–Crippen MR) is 60.5 cm³/mol. The van der Waals surface area contributed by atoms with Crippen LogP contribution in [-0.4, -0.2) is 52.3 Å². The molecule has 4 nitrogen and oxygen atoms in total. The average molecular weight is 304 g/mol. The molecule has 0 radical (unpaired) electrons. The second kappa shape index (κ2) is 5.28. The normalized spacial score (nSPS) is 33.2. The van der Waals surface area contributed by atoms with Gasteiger partial charge in [-0.15, -0.1) is 0 Å². The minimum Gasteiger partial charge on any atom is -0.435 e. The second-order valence-electron chi connectivity index (χ2n) is 4.63. The molecule has 2 amide bonds. The maximum Gasteiger partial charge on any atom is 0.521 e. The van der Waals surface area contributed by atoms with Gasteiger partial charge in [0.1, 0.15) is 12.6 Å². The Kier molecular flexibility index (Phi) is 4.51. The lowest BCUT2D eigenvalue weighted by Crippen LogP contribution is -2.62. The van der Waals surface area contributed by atoms with Crippen LogP contribution < -0.4 is 0 Å². The monoisotopic (exact) mass is 304 g/mol. The number of carboxylic acid groups (broad SMARTS) is 1. The molecule has 1 rings (SSSR count). The van der Waals surface area contributed by atoms with Crippen molar-refractivity contribution in [2.75, 3.05) is 12.3 Å². The Morgan fingerprint density at radius 1 is 1.47 bits per heavy atom. The number of hydrogen-bond donors (Lipinski definition) is 2. The first-order valence-electron chi connectivity index (χ1n) is 5.54. The van der Waals surface area contributed by atoms with Crippen LogP contribution in [0.3, 0.4) is 0 Å². The van der Waals surface area contributed by atoms with Crippen molar-refractivity contribution in [2.45, 2.75) is 31.7 Å². The molecule has 1 unspecified atom stereocenters. The average Bonchev–Trinajstić information content (AvgIpc) is 2.53. The van der Waals surface area contributed by atoms with Crippen molar-refractivity contribution < 1.29 is 36.7 Å². The smallest absolute Gasteiger partial charge is 0.435 e. The van der Waals surface area contributed by atoms with Gasteiger partial charge in [-0.2, -0.15) is 35.1 Å². The zero-order valence-corrected chi connectivity index (χ0v) is 10.9.